The number of hydrogen-bond donors (Lipinski definition) is 0. The highest BCUT2D eigenvalue weighted by Gasteiger charge is 2.39. The third kappa shape index (κ3) is 5.48. The summed E-state index contributed by atoms with van der Waals surface area (Å²) >= 11 is 0. The highest BCUT2D eigenvalue weighted by atomic mass is 16.5. The molecule has 0 N–H and O–H groups in total. The van der Waals surface area contributed by atoms with Crippen molar-refractivity contribution < 1.29 is 23.8 Å². The summed E-state index contributed by atoms with van der Waals surface area (Å²) in [7, 11) is 1.63. The van der Waals surface area contributed by atoms with E-state index in [1.165, 1.54) is 4.90 Å². The Bertz CT molecular complexity index is 1050. The first kappa shape index (κ1) is 22.7. The van der Waals surface area contributed by atoms with Gasteiger partial charge < -0.3 is 14.2 Å². The number of nitrogens with zero attached hydrogens (tertiary/aromatic N) is 1. The van der Waals surface area contributed by atoms with Gasteiger partial charge in [-0.2, -0.15) is 0 Å². The molecule has 0 unspecified atom stereocenters. The molecule has 0 fully saturated rings. The van der Waals surface area contributed by atoms with Gasteiger partial charge in [0.05, 0.1) is 44.1 Å². The third-order valence-corrected chi connectivity index (χ3v) is 5.64. The van der Waals surface area contributed by atoms with Crippen molar-refractivity contribution >= 4 is 11.8 Å². The van der Waals surface area contributed by atoms with Crippen molar-refractivity contribution in [3.63, 3.8) is 0 Å². The van der Waals surface area contributed by atoms with Gasteiger partial charge in [0.15, 0.2) is 0 Å². The SMILES string of the molecule is COc1ccc(COCC[C@H](COCc2ccccc2)N2C(=O)c3ccccc3C2=O)cc1. The Balaban J connectivity index is 1.39. The number of imide groups is 1. The molecule has 6 nitrogen and oxygen atoms in total. The van der Waals surface area contributed by atoms with Gasteiger partial charge in [0, 0.05) is 6.61 Å². The molecule has 0 spiro atoms. The van der Waals surface area contributed by atoms with E-state index in [2.05, 4.69) is 0 Å². The first-order valence-electron chi connectivity index (χ1n) is 11.0. The summed E-state index contributed by atoms with van der Waals surface area (Å²) in [4.78, 5) is 27.3. The summed E-state index contributed by atoms with van der Waals surface area (Å²) in [5.74, 6) is 0.234. The summed E-state index contributed by atoms with van der Waals surface area (Å²) in [6.45, 7) is 1.47. The Morgan fingerprint density at radius 3 is 1.94 bits per heavy atom. The lowest BCUT2D eigenvalue weighted by Gasteiger charge is -2.26. The zero-order valence-corrected chi connectivity index (χ0v) is 18.6. The fraction of sp³-hybridized carbons (Fsp3) is 0.259. The molecule has 3 aromatic carbocycles. The molecular formula is C27H27NO5. The molecule has 0 saturated carbocycles. The number of carbonyl (C=O) groups excluding carboxylic acids is 2. The number of hydrogen-bond acceptors (Lipinski definition) is 5. The van der Waals surface area contributed by atoms with Crippen LogP contribution in [0.2, 0.25) is 0 Å². The van der Waals surface area contributed by atoms with Crippen LogP contribution in [-0.2, 0) is 22.7 Å². The van der Waals surface area contributed by atoms with Crippen LogP contribution in [0, 0.1) is 0 Å². The van der Waals surface area contributed by atoms with Crippen LogP contribution in [0.4, 0.5) is 0 Å². The zero-order chi connectivity index (χ0) is 23.0. The molecular weight excluding hydrogens is 418 g/mol. The van der Waals surface area contributed by atoms with Crippen LogP contribution < -0.4 is 4.74 Å². The fourth-order valence-corrected chi connectivity index (χ4v) is 3.84. The number of methoxy groups -OCH3 is 1. The van der Waals surface area contributed by atoms with Crippen molar-refractivity contribution in [2.24, 2.45) is 0 Å². The Kier molecular flexibility index (Phi) is 7.50. The Labute approximate surface area is 193 Å². The van der Waals surface area contributed by atoms with Crippen molar-refractivity contribution in [1.82, 2.24) is 4.90 Å². The smallest absolute Gasteiger partial charge is 0.261 e. The maximum absolute atomic E-state index is 13.0. The van der Waals surface area contributed by atoms with Gasteiger partial charge in [-0.3, -0.25) is 14.5 Å². The van der Waals surface area contributed by atoms with Gasteiger partial charge in [0.1, 0.15) is 5.75 Å². The van der Waals surface area contributed by atoms with Gasteiger partial charge in [0.25, 0.3) is 11.8 Å². The predicted molar refractivity (Wildman–Crippen MR) is 124 cm³/mol. The van der Waals surface area contributed by atoms with Gasteiger partial charge in [-0.05, 0) is 41.8 Å². The van der Waals surface area contributed by atoms with Gasteiger partial charge in [-0.25, -0.2) is 0 Å². The van der Waals surface area contributed by atoms with Crippen LogP contribution in [0.5, 0.6) is 5.75 Å². The van der Waals surface area contributed by atoms with Crippen molar-refractivity contribution in [1.29, 1.82) is 0 Å². The average Bonchev–Trinajstić information content (AvgIpc) is 3.11. The molecule has 4 rings (SSSR count). The van der Waals surface area contributed by atoms with E-state index in [4.69, 9.17) is 14.2 Å². The van der Waals surface area contributed by atoms with Crippen LogP contribution >= 0.6 is 0 Å². The number of ether oxygens (including phenoxy) is 3. The van der Waals surface area contributed by atoms with E-state index in [-0.39, 0.29) is 18.4 Å². The average molecular weight is 446 g/mol. The van der Waals surface area contributed by atoms with Crippen molar-refractivity contribution in [2.45, 2.75) is 25.7 Å². The highest BCUT2D eigenvalue weighted by molar-refractivity contribution is 6.21. The molecule has 1 atom stereocenters. The highest BCUT2D eigenvalue weighted by Crippen LogP contribution is 2.26. The standard InChI is InChI=1S/C27H27NO5/c1-31-23-13-11-21(12-14-23)17-32-16-15-22(19-33-18-20-7-3-2-4-8-20)28-26(29)24-9-5-6-10-25(24)27(28)30/h2-14,22H,15-19H2,1H3/t22-/m1/s1. The van der Waals surface area contributed by atoms with Gasteiger partial charge in [-0.15, -0.1) is 0 Å². The topological polar surface area (TPSA) is 65.1 Å². The molecule has 0 aromatic heterocycles. The Morgan fingerprint density at radius 1 is 0.727 bits per heavy atom. The molecule has 0 radical (unpaired) electrons. The maximum Gasteiger partial charge on any atom is 0.261 e. The minimum Gasteiger partial charge on any atom is -0.497 e. The Hall–Kier alpha value is -3.48. The van der Waals surface area contributed by atoms with Gasteiger partial charge in [0.2, 0.25) is 0 Å². The van der Waals surface area contributed by atoms with E-state index in [0.717, 1.165) is 16.9 Å². The summed E-state index contributed by atoms with van der Waals surface area (Å²) in [5.41, 5.74) is 2.94. The number of fused-ring (bicyclic) bond motifs is 1. The quantitative estimate of drug-likeness (QED) is 0.322. The van der Waals surface area contributed by atoms with Crippen LogP contribution in [-0.4, -0.2) is 43.1 Å². The molecule has 170 valence electrons. The summed E-state index contributed by atoms with van der Waals surface area (Å²) in [6, 6.07) is 24.0. The lowest BCUT2D eigenvalue weighted by atomic mass is 10.1. The number of amides is 2. The van der Waals surface area contributed by atoms with E-state index in [0.29, 0.717) is 37.4 Å². The largest absolute Gasteiger partial charge is 0.497 e. The lowest BCUT2D eigenvalue weighted by Crippen LogP contribution is -2.43. The van der Waals surface area contributed by atoms with E-state index in [1.54, 1.807) is 31.4 Å². The molecule has 3 aromatic rings. The van der Waals surface area contributed by atoms with Crippen LogP contribution in [0.15, 0.2) is 78.9 Å². The first-order chi connectivity index (χ1) is 16.2. The summed E-state index contributed by atoms with van der Waals surface area (Å²) in [6.07, 6.45) is 0.483. The summed E-state index contributed by atoms with van der Waals surface area (Å²) < 4.78 is 16.9. The van der Waals surface area contributed by atoms with Crippen molar-refractivity contribution in [3.8, 4) is 5.75 Å². The molecule has 1 heterocycles. The normalized spacial score (nSPS) is 13.8. The van der Waals surface area contributed by atoms with E-state index in [9.17, 15) is 9.59 Å². The van der Waals surface area contributed by atoms with Crippen LogP contribution in [0.25, 0.3) is 0 Å². The molecule has 2 amide bonds. The molecule has 0 aliphatic carbocycles. The van der Waals surface area contributed by atoms with E-state index in [1.807, 2.05) is 54.6 Å². The van der Waals surface area contributed by atoms with Gasteiger partial charge in [-0.1, -0.05) is 54.6 Å². The molecule has 6 heteroatoms. The second-order valence-electron chi connectivity index (χ2n) is 7.87. The number of benzene rings is 3. The van der Waals surface area contributed by atoms with E-state index >= 15 is 0 Å². The second-order valence-corrected chi connectivity index (χ2v) is 7.87. The Morgan fingerprint density at radius 2 is 1.30 bits per heavy atom. The minimum atomic E-state index is -0.419. The van der Waals surface area contributed by atoms with Crippen LogP contribution in [0.3, 0.4) is 0 Å². The zero-order valence-electron chi connectivity index (χ0n) is 18.6. The predicted octanol–water partition coefficient (Wildman–Crippen LogP) is 4.48. The summed E-state index contributed by atoms with van der Waals surface area (Å²) in [5, 5.41) is 0. The first-order valence-corrected chi connectivity index (χ1v) is 11.0. The molecule has 1 aliphatic rings. The molecule has 1 aliphatic heterocycles. The minimum absolute atomic E-state index is 0.242. The monoisotopic (exact) mass is 445 g/mol. The van der Waals surface area contributed by atoms with Crippen LogP contribution in [0.1, 0.15) is 38.3 Å². The molecule has 0 bridgehead atoms. The maximum atomic E-state index is 13.0. The van der Waals surface area contributed by atoms with Crippen molar-refractivity contribution in [2.75, 3.05) is 20.3 Å². The second kappa shape index (κ2) is 10.9. The lowest BCUT2D eigenvalue weighted by molar-refractivity contribution is 0.0244. The third-order valence-electron chi connectivity index (χ3n) is 5.64. The fourth-order valence-electron chi connectivity index (χ4n) is 3.84. The molecule has 33 heavy (non-hydrogen) atoms. The molecule has 0 saturated heterocycles. The number of rotatable bonds is 11. The van der Waals surface area contributed by atoms with Gasteiger partial charge >= 0.3 is 0 Å². The number of carbonyl (C=O) groups is 2. The van der Waals surface area contributed by atoms with Crippen molar-refractivity contribution in [3.05, 3.63) is 101 Å². The van der Waals surface area contributed by atoms with E-state index < -0.39 is 6.04 Å².